The van der Waals surface area contributed by atoms with Gasteiger partial charge in [-0.05, 0) is 36.2 Å². The number of carbonyl (C=O) groups is 1. The van der Waals surface area contributed by atoms with Crippen LogP contribution in [0.2, 0.25) is 0 Å². The first-order valence-corrected chi connectivity index (χ1v) is 5.97. The van der Waals surface area contributed by atoms with Gasteiger partial charge in [0.1, 0.15) is 0 Å². The van der Waals surface area contributed by atoms with Crippen molar-refractivity contribution in [3.63, 3.8) is 0 Å². The Kier molecular flexibility index (Phi) is 3.14. The quantitative estimate of drug-likeness (QED) is 0.667. The Balaban J connectivity index is 3.30. The summed E-state index contributed by atoms with van der Waals surface area (Å²) in [4.78, 5) is 11.8. The Morgan fingerprint density at radius 3 is 2.33 bits per heavy atom. The lowest BCUT2D eigenvalue weighted by molar-refractivity contribution is -0.116. The highest BCUT2D eigenvalue weighted by Gasteiger charge is 2.39. The van der Waals surface area contributed by atoms with E-state index in [1.807, 2.05) is 6.92 Å². The second-order valence-corrected chi connectivity index (χ2v) is 6.04. The Morgan fingerprint density at radius 1 is 1.33 bits per heavy atom. The molecule has 1 rings (SSSR count). The zero-order valence-electron chi connectivity index (χ0n) is 11.0. The van der Waals surface area contributed by atoms with Crippen molar-refractivity contribution in [3.8, 4) is 0 Å². The van der Waals surface area contributed by atoms with Crippen molar-refractivity contribution in [3.05, 3.63) is 11.1 Å². The summed E-state index contributed by atoms with van der Waals surface area (Å²) in [6.07, 6.45) is 2.82. The van der Waals surface area contributed by atoms with Gasteiger partial charge in [-0.25, -0.2) is 0 Å². The lowest BCUT2D eigenvalue weighted by atomic mass is 9.62. The summed E-state index contributed by atoms with van der Waals surface area (Å²) >= 11 is 0. The predicted octanol–water partition coefficient (Wildman–Crippen LogP) is 4.13. The number of ketones is 1. The topological polar surface area (TPSA) is 17.1 Å². The van der Waals surface area contributed by atoms with Gasteiger partial charge in [0.2, 0.25) is 0 Å². The van der Waals surface area contributed by atoms with Crippen molar-refractivity contribution in [2.24, 2.45) is 10.8 Å². The number of hydrogen-bond donors (Lipinski definition) is 0. The van der Waals surface area contributed by atoms with Crippen molar-refractivity contribution >= 4 is 5.78 Å². The van der Waals surface area contributed by atoms with Crippen LogP contribution in [0.25, 0.3) is 0 Å². The highest BCUT2D eigenvalue weighted by molar-refractivity contribution is 5.96. The Morgan fingerprint density at radius 2 is 1.87 bits per heavy atom. The molecule has 0 aromatic heterocycles. The van der Waals surface area contributed by atoms with E-state index < -0.39 is 0 Å². The summed E-state index contributed by atoms with van der Waals surface area (Å²) in [5.74, 6) is 0.353. The van der Waals surface area contributed by atoms with Crippen molar-refractivity contribution in [2.75, 3.05) is 0 Å². The maximum atomic E-state index is 11.8. The van der Waals surface area contributed by atoms with E-state index in [-0.39, 0.29) is 10.8 Å². The molecular formula is C14H24O. The molecule has 0 aromatic carbocycles. The molecule has 0 saturated heterocycles. The van der Waals surface area contributed by atoms with Crippen LogP contribution in [0, 0.1) is 10.8 Å². The first-order valence-electron chi connectivity index (χ1n) is 5.97. The normalized spacial score (nSPS) is 22.1. The summed E-state index contributed by atoms with van der Waals surface area (Å²) in [5.41, 5.74) is 2.76. The molecule has 0 saturated carbocycles. The van der Waals surface area contributed by atoms with Crippen molar-refractivity contribution in [1.82, 2.24) is 0 Å². The molecule has 1 aliphatic rings. The molecule has 0 radical (unpaired) electrons. The van der Waals surface area contributed by atoms with Crippen LogP contribution in [-0.2, 0) is 4.79 Å². The molecule has 0 aromatic rings. The van der Waals surface area contributed by atoms with E-state index >= 15 is 0 Å². The largest absolute Gasteiger partial charge is 0.295 e. The molecule has 1 heteroatoms. The van der Waals surface area contributed by atoms with Crippen LogP contribution < -0.4 is 0 Å². The Bertz CT molecular complexity index is 305. The molecule has 15 heavy (non-hydrogen) atoms. The van der Waals surface area contributed by atoms with Crippen molar-refractivity contribution < 1.29 is 4.79 Å². The van der Waals surface area contributed by atoms with Crippen molar-refractivity contribution in [1.29, 1.82) is 0 Å². The van der Waals surface area contributed by atoms with Gasteiger partial charge in [0.05, 0.1) is 0 Å². The van der Waals surface area contributed by atoms with Crippen LogP contribution in [0.3, 0.4) is 0 Å². The van der Waals surface area contributed by atoms with Crippen LogP contribution >= 0.6 is 0 Å². The van der Waals surface area contributed by atoms with Gasteiger partial charge in [-0.1, -0.05) is 40.2 Å². The van der Waals surface area contributed by atoms with Crippen LogP contribution in [0.1, 0.15) is 60.8 Å². The van der Waals surface area contributed by atoms with E-state index in [2.05, 4.69) is 34.6 Å². The van der Waals surface area contributed by atoms with Gasteiger partial charge < -0.3 is 0 Å². The van der Waals surface area contributed by atoms with E-state index in [0.717, 1.165) is 24.8 Å². The molecule has 0 N–H and O–H groups in total. The smallest absolute Gasteiger partial charge is 0.158 e. The van der Waals surface area contributed by atoms with E-state index in [1.54, 1.807) is 0 Å². The Labute approximate surface area is 93.9 Å². The van der Waals surface area contributed by atoms with E-state index in [4.69, 9.17) is 0 Å². The highest BCUT2D eigenvalue weighted by Crippen LogP contribution is 2.49. The fraction of sp³-hybridized carbons (Fsp3) is 0.786. The minimum Gasteiger partial charge on any atom is -0.295 e. The molecule has 0 bridgehead atoms. The summed E-state index contributed by atoms with van der Waals surface area (Å²) in [7, 11) is 0. The molecule has 0 fully saturated rings. The SMILES string of the molecule is CCC(C)(C)C1=C(C)C(=O)CCC1(C)C. The first kappa shape index (κ1) is 12.5. The fourth-order valence-electron chi connectivity index (χ4n) is 2.99. The lowest BCUT2D eigenvalue weighted by Gasteiger charge is -2.42. The lowest BCUT2D eigenvalue weighted by Crippen LogP contribution is -2.33. The molecule has 0 amide bonds. The summed E-state index contributed by atoms with van der Waals surface area (Å²) in [6, 6.07) is 0. The van der Waals surface area contributed by atoms with Gasteiger partial charge in [0, 0.05) is 6.42 Å². The molecule has 0 spiro atoms. The molecule has 0 aliphatic heterocycles. The van der Waals surface area contributed by atoms with Gasteiger partial charge in [-0.15, -0.1) is 0 Å². The summed E-state index contributed by atoms with van der Waals surface area (Å²) < 4.78 is 0. The van der Waals surface area contributed by atoms with Gasteiger partial charge in [0.15, 0.2) is 5.78 Å². The molecule has 1 aliphatic carbocycles. The van der Waals surface area contributed by atoms with E-state index in [0.29, 0.717) is 5.78 Å². The zero-order chi connectivity index (χ0) is 11.9. The number of rotatable bonds is 2. The zero-order valence-corrected chi connectivity index (χ0v) is 11.0. The van der Waals surface area contributed by atoms with Crippen LogP contribution in [0.15, 0.2) is 11.1 Å². The average Bonchev–Trinajstić information content (AvgIpc) is 2.11. The molecule has 1 nitrogen and oxygen atoms in total. The number of allylic oxidation sites excluding steroid dienone is 2. The summed E-state index contributed by atoms with van der Waals surface area (Å²) in [6.45, 7) is 13.3. The minimum atomic E-state index is 0.156. The maximum absolute atomic E-state index is 11.8. The standard InChI is InChI=1S/C14H24O/c1-7-13(3,4)12-10(2)11(15)8-9-14(12,5)6/h7-9H2,1-6H3. The third-order valence-corrected chi connectivity index (χ3v) is 4.01. The second-order valence-electron chi connectivity index (χ2n) is 6.04. The highest BCUT2D eigenvalue weighted by atomic mass is 16.1. The van der Waals surface area contributed by atoms with Crippen molar-refractivity contribution in [2.45, 2.75) is 60.8 Å². The minimum absolute atomic E-state index is 0.156. The van der Waals surface area contributed by atoms with Crippen LogP contribution in [0.4, 0.5) is 0 Å². The average molecular weight is 208 g/mol. The molecule has 86 valence electrons. The maximum Gasteiger partial charge on any atom is 0.158 e. The molecule has 0 heterocycles. The van der Waals surface area contributed by atoms with Crippen LogP contribution in [0.5, 0.6) is 0 Å². The number of Topliss-reactive ketones (excluding diaryl/α,β-unsaturated/α-hetero) is 1. The van der Waals surface area contributed by atoms with Crippen LogP contribution in [-0.4, -0.2) is 5.78 Å². The predicted molar refractivity (Wildman–Crippen MR) is 64.8 cm³/mol. The van der Waals surface area contributed by atoms with Gasteiger partial charge in [-0.2, -0.15) is 0 Å². The monoisotopic (exact) mass is 208 g/mol. The third kappa shape index (κ3) is 2.16. The Hall–Kier alpha value is -0.590. The first-order chi connectivity index (χ1) is 6.72. The summed E-state index contributed by atoms with van der Waals surface area (Å²) in [5, 5.41) is 0. The molecular weight excluding hydrogens is 184 g/mol. The van der Waals surface area contributed by atoms with E-state index in [9.17, 15) is 4.79 Å². The van der Waals surface area contributed by atoms with E-state index in [1.165, 1.54) is 5.57 Å². The third-order valence-electron chi connectivity index (χ3n) is 4.01. The van der Waals surface area contributed by atoms with Gasteiger partial charge >= 0.3 is 0 Å². The number of hydrogen-bond acceptors (Lipinski definition) is 1. The second kappa shape index (κ2) is 3.77. The van der Waals surface area contributed by atoms with Gasteiger partial charge in [0.25, 0.3) is 0 Å². The number of carbonyl (C=O) groups excluding carboxylic acids is 1. The fourth-order valence-corrected chi connectivity index (χ4v) is 2.99. The molecule has 0 unspecified atom stereocenters. The molecule has 0 atom stereocenters. The van der Waals surface area contributed by atoms with Gasteiger partial charge in [-0.3, -0.25) is 4.79 Å².